The van der Waals surface area contributed by atoms with E-state index in [4.69, 9.17) is 14.6 Å². The number of fused-ring (bicyclic) bond motifs is 1. The number of aliphatic carboxylic acids is 1. The van der Waals surface area contributed by atoms with Crippen LogP contribution in [0.4, 0.5) is 0 Å². The summed E-state index contributed by atoms with van der Waals surface area (Å²) in [7, 11) is 0. The van der Waals surface area contributed by atoms with E-state index >= 15 is 0 Å². The molecule has 156 valence electrons. The van der Waals surface area contributed by atoms with Gasteiger partial charge < -0.3 is 35.0 Å². The van der Waals surface area contributed by atoms with Crippen molar-refractivity contribution in [3.05, 3.63) is 23.2 Å². The Morgan fingerprint density at radius 2 is 2.03 bits per heavy atom. The molecule has 1 fully saturated rings. The number of hydrogen-bond donors (Lipinski definition) is 5. The van der Waals surface area contributed by atoms with Gasteiger partial charge in [0.2, 0.25) is 6.29 Å². The summed E-state index contributed by atoms with van der Waals surface area (Å²) >= 11 is 2.66. The summed E-state index contributed by atoms with van der Waals surface area (Å²) in [6.07, 6.45) is -6.82. The maximum Gasteiger partial charge on any atom is 0.329 e. The molecule has 0 aliphatic carbocycles. The summed E-state index contributed by atoms with van der Waals surface area (Å²) in [5, 5.41) is 49.3. The Morgan fingerprint density at radius 3 is 2.72 bits per heavy atom. The van der Waals surface area contributed by atoms with Crippen LogP contribution in [0.2, 0.25) is 0 Å². The topological polar surface area (TPSA) is 162 Å². The lowest BCUT2D eigenvalue weighted by Crippen LogP contribution is -2.60. The lowest BCUT2D eigenvalue weighted by atomic mass is 9.99. The average Bonchev–Trinajstić information content (AvgIpc) is 3.35. The average molecular weight is 442 g/mol. The largest absolute Gasteiger partial charge is 0.480 e. The number of carbonyl (C=O) groups is 1. The molecule has 0 amide bonds. The number of aliphatic hydroxyl groups is 4. The first-order chi connectivity index (χ1) is 13.9. The number of aromatic nitrogens is 1. The number of benzene rings is 1. The second kappa shape index (κ2) is 8.14. The van der Waals surface area contributed by atoms with Crippen LogP contribution >= 0.6 is 23.1 Å². The van der Waals surface area contributed by atoms with Gasteiger partial charge in [-0.2, -0.15) is 0 Å². The molecule has 2 aromatic rings. The van der Waals surface area contributed by atoms with E-state index in [-0.39, 0.29) is 0 Å². The van der Waals surface area contributed by atoms with Crippen molar-refractivity contribution in [2.75, 3.05) is 12.4 Å². The van der Waals surface area contributed by atoms with Crippen LogP contribution in [0.15, 0.2) is 23.2 Å². The number of carboxylic acids is 1. The van der Waals surface area contributed by atoms with Crippen molar-refractivity contribution in [2.45, 2.75) is 36.7 Å². The summed E-state index contributed by atoms with van der Waals surface area (Å²) in [5.74, 6) is -0.267. The lowest BCUT2D eigenvalue weighted by molar-refractivity contribution is -0.277. The monoisotopic (exact) mass is 442 g/mol. The molecule has 0 saturated carbocycles. The van der Waals surface area contributed by atoms with Crippen LogP contribution < -0.4 is 4.74 Å². The van der Waals surface area contributed by atoms with Crippen molar-refractivity contribution >= 4 is 44.3 Å². The highest BCUT2D eigenvalue weighted by molar-refractivity contribution is 8.15. The van der Waals surface area contributed by atoms with Gasteiger partial charge in [0.15, 0.2) is 6.04 Å². The van der Waals surface area contributed by atoms with Gasteiger partial charge in [0, 0.05) is 5.75 Å². The molecule has 1 saturated heterocycles. The quantitative estimate of drug-likeness (QED) is 0.405. The predicted octanol–water partition coefficient (Wildman–Crippen LogP) is -0.578. The molecule has 0 spiro atoms. The summed E-state index contributed by atoms with van der Waals surface area (Å²) < 4.78 is 11.7. The Hall–Kier alpha value is -1.80. The highest BCUT2D eigenvalue weighted by Crippen LogP contribution is 2.32. The molecular formula is C17H18N2O8S2. The third kappa shape index (κ3) is 3.97. The number of aliphatic hydroxyl groups excluding tert-OH is 4. The molecule has 0 radical (unpaired) electrons. The molecule has 6 atom stereocenters. The number of aliphatic imine (C=N–C) groups is 1. The Bertz CT molecular complexity index is 949. The SMILES string of the molecule is O=C(O)[C@H]1CSC(c2nc3ccc(O[C@H]4O[C@H](CO)[C@H](O)[C@H](O)[C@H]4O)cc3s2)=N1. The zero-order valence-electron chi connectivity index (χ0n) is 14.8. The van der Waals surface area contributed by atoms with Crippen LogP contribution in [0.1, 0.15) is 5.01 Å². The summed E-state index contributed by atoms with van der Waals surface area (Å²) in [6, 6.07) is 4.21. The number of hydrogen-bond acceptors (Lipinski definition) is 11. The normalized spacial score (nSPS) is 32.3. The molecule has 12 heteroatoms. The number of ether oxygens (including phenoxy) is 2. The third-order valence-corrected chi connectivity index (χ3v) is 6.79. The number of carboxylic acid groups (broad SMARTS) is 1. The summed E-state index contributed by atoms with van der Waals surface area (Å²) in [4.78, 5) is 19.7. The molecule has 10 nitrogen and oxygen atoms in total. The zero-order chi connectivity index (χ0) is 20.7. The van der Waals surface area contributed by atoms with Gasteiger partial charge in [-0.05, 0) is 18.2 Å². The van der Waals surface area contributed by atoms with Crippen molar-refractivity contribution in [3.63, 3.8) is 0 Å². The predicted molar refractivity (Wildman–Crippen MR) is 104 cm³/mol. The highest BCUT2D eigenvalue weighted by atomic mass is 32.2. The standard InChI is InChI=1S/C17H18N2O8S2/c20-4-9-11(21)12(22)13(23)17(27-9)26-6-1-2-7-10(3-6)29-15(18-7)14-19-8(5-28-14)16(24)25/h1-3,8-9,11-13,17,20-23H,4-5H2,(H,24,25)/t8-,9-,11+,12+,13-,17+/m1/s1. The second-order valence-electron chi connectivity index (χ2n) is 6.56. The second-order valence-corrected chi connectivity index (χ2v) is 8.60. The van der Waals surface area contributed by atoms with Crippen LogP contribution in [-0.2, 0) is 9.53 Å². The van der Waals surface area contributed by atoms with E-state index in [0.717, 1.165) is 4.70 Å². The number of thioether (sulfide) groups is 1. The van der Waals surface area contributed by atoms with Crippen LogP contribution in [0.25, 0.3) is 10.2 Å². The number of thiazole rings is 1. The summed E-state index contributed by atoms with van der Waals surface area (Å²) in [6.45, 7) is -0.542. The van der Waals surface area contributed by atoms with Gasteiger partial charge in [-0.1, -0.05) is 0 Å². The molecular weight excluding hydrogens is 424 g/mol. The molecule has 4 rings (SSSR count). The third-order valence-electron chi connectivity index (χ3n) is 4.58. The maximum atomic E-state index is 11.1. The van der Waals surface area contributed by atoms with Gasteiger partial charge in [-0.15, -0.1) is 23.1 Å². The van der Waals surface area contributed by atoms with E-state index < -0.39 is 49.3 Å². The van der Waals surface area contributed by atoms with Crippen LogP contribution in [0, 0.1) is 0 Å². The van der Waals surface area contributed by atoms with Crippen LogP contribution in [0.3, 0.4) is 0 Å². The minimum atomic E-state index is -1.52. The highest BCUT2D eigenvalue weighted by Gasteiger charge is 2.44. The van der Waals surface area contributed by atoms with Crippen molar-refractivity contribution in [2.24, 2.45) is 4.99 Å². The minimum Gasteiger partial charge on any atom is -0.480 e. The van der Waals surface area contributed by atoms with Crippen molar-refractivity contribution in [1.29, 1.82) is 0 Å². The van der Waals surface area contributed by atoms with E-state index in [1.54, 1.807) is 18.2 Å². The fraction of sp³-hybridized carbons (Fsp3) is 0.471. The Kier molecular flexibility index (Phi) is 5.75. The fourth-order valence-electron chi connectivity index (χ4n) is 2.99. The first-order valence-electron chi connectivity index (χ1n) is 8.69. The van der Waals surface area contributed by atoms with E-state index in [1.165, 1.54) is 23.1 Å². The van der Waals surface area contributed by atoms with Crippen molar-refractivity contribution in [3.8, 4) is 5.75 Å². The lowest BCUT2D eigenvalue weighted by Gasteiger charge is -2.39. The minimum absolute atomic E-state index is 0.335. The maximum absolute atomic E-state index is 11.1. The molecule has 0 bridgehead atoms. The van der Waals surface area contributed by atoms with Gasteiger partial charge in [-0.25, -0.2) is 9.78 Å². The van der Waals surface area contributed by atoms with Crippen molar-refractivity contribution < 1.29 is 39.8 Å². The Balaban J connectivity index is 1.54. The summed E-state index contributed by atoms with van der Waals surface area (Å²) in [5.41, 5.74) is 0.674. The Morgan fingerprint density at radius 1 is 1.24 bits per heavy atom. The van der Waals surface area contributed by atoms with Gasteiger partial charge in [0.05, 0.1) is 16.8 Å². The molecule has 5 N–H and O–H groups in total. The van der Waals surface area contributed by atoms with E-state index in [9.17, 15) is 25.2 Å². The molecule has 1 aromatic heterocycles. The van der Waals surface area contributed by atoms with Gasteiger partial charge >= 0.3 is 5.97 Å². The molecule has 2 aliphatic heterocycles. The first-order valence-corrected chi connectivity index (χ1v) is 10.5. The molecule has 1 aromatic carbocycles. The fourth-order valence-corrected chi connectivity index (χ4v) is 5.08. The molecule has 29 heavy (non-hydrogen) atoms. The molecule has 3 heterocycles. The van der Waals surface area contributed by atoms with Gasteiger partial charge in [-0.3, -0.25) is 4.99 Å². The van der Waals surface area contributed by atoms with Crippen LogP contribution in [0.5, 0.6) is 5.75 Å². The van der Waals surface area contributed by atoms with Gasteiger partial charge in [0.1, 0.15) is 40.2 Å². The number of nitrogens with zero attached hydrogens (tertiary/aromatic N) is 2. The smallest absolute Gasteiger partial charge is 0.329 e. The molecule has 2 aliphatic rings. The Labute approximate surface area is 172 Å². The number of rotatable bonds is 5. The molecule has 0 unspecified atom stereocenters. The van der Waals surface area contributed by atoms with E-state index in [1.807, 2.05) is 0 Å². The van der Waals surface area contributed by atoms with Crippen LogP contribution in [-0.4, -0.2) is 90.6 Å². The van der Waals surface area contributed by atoms with E-state index in [0.29, 0.717) is 27.1 Å². The van der Waals surface area contributed by atoms with Gasteiger partial charge in [0.25, 0.3) is 0 Å². The first kappa shape index (κ1) is 20.5. The van der Waals surface area contributed by atoms with Crippen molar-refractivity contribution in [1.82, 2.24) is 4.98 Å². The van der Waals surface area contributed by atoms with E-state index in [2.05, 4.69) is 9.98 Å². The zero-order valence-corrected chi connectivity index (χ0v) is 16.4.